The Morgan fingerprint density at radius 2 is 2.17 bits per heavy atom. The van der Waals surface area contributed by atoms with Crippen LogP contribution in [0.15, 0.2) is 6.33 Å². The predicted molar refractivity (Wildman–Crippen MR) is 92.5 cm³/mol. The molecular formula is C16H20N4O3S. The molecule has 1 saturated carbocycles. The smallest absolute Gasteiger partial charge is 0.348 e. The molecule has 2 heterocycles. The summed E-state index contributed by atoms with van der Waals surface area (Å²) in [5.41, 5.74) is 0.790. The number of nitrogens with one attached hydrogen (secondary N) is 1. The summed E-state index contributed by atoms with van der Waals surface area (Å²) in [4.78, 5) is 35.7. The second kappa shape index (κ2) is 6.72. The molecule has 7 nitrogen and oxygen atoms in total. The molecular weight excluding hydrogens is 328 g/mol. The molecule has 0 aromatic carbocycles. The molecule has 0 saturated heterocycles. The Hall–Kier alpha value is -2.22. The number of carbonyl (C=O) groups excluding carboxylic acids is 2. The van der Waals surface area contributed by atoms with Crippen LogP contribution in [-0.4, -0.2) is 48.1 Å². The lowest BCUT2D eigenvalue weighted by Gasteiger charge is -2.18. The van der Waals surface area contributed by atoms with E-state index in [4.69, 9.17) is 4.74 Å². The highest BCUT2D eigenvalue weighted by Gasteiger charge is 2.25. The Morgan fingerprint density at radius 1 is 1.42 bits per heavy atom. The summed E-state index contributed by atoms with van der Waals surface area (Å²) in [6.07, 6.45) is 3.57. The second-order valence-corrected chi connectivity index (χ2v) is 6.85. The van der Waals surface area contributed by atoms with Crippen molar-refractivity contribution >= 4 is 39.2 Å². The van der Waals surface area contributed by atoms with Crippen LogP contribution < -0.4 is 10.2 Å². The maximum atomic E-state index is 12.1. The number of aryl methyl sites for hydroxylation is 1. The first-order valence-electron chi connectivity index (χ1n) is 7.93. The molecule has 0 radical (unpaired) electrons. The van der Waals surface area contributed by atoms with E-state index < -0.39 is 0 Å². The Kier molecular flexibility index (Phi) is 4.66. The molecule has 128 valence electrons. The molecule has 1 aliphatic carbocycles. The van der Waals surface area contributed by atoms with Gasteiger partial charge in [0, 0.05) is 13.1 Å². The number of thiophene rings is 1. The van der Waals surface area contributed by atoms with E-state index in [2.05, 4.69) is 15.3 Å². The van der Waals surface area contributed by atoms with Gasteiger partial charge in [-0.15, -0.1) is 11.3 Å². The molecule has 1 N–H and O–H groups in total. The number of rotatable bonds is 6. The predicted octanol–water partition coefficient (Wildman–Crippen LogP) is 1.89. The molecule has 0 aliphatic heterocycles. The number of anilines is 1. The molecule has 0 spiro atoms. The van der Waals surface area contributed by atoms with Crippen LogP contribution in [0.1, 0.15) is 35.0 Å². The minimum atomic E-state index is -0.349. The number of esters is 1. The van der Waals surface area contributed by atoms with E-state index in [1.807, 2.05) is 14.0 Å². The van der Waals surface area contributed by atoms with Crippen molar-refractivity contribution < 1.29 is 14.3 Å². The molecule has 2 aromatic rings. The molecule has 0 unspecified atom stereocenters. The van der Waals surface area contributed by atoms with Crippen molar-refractivity contribution in [3.63, 3.8) is 0 Å². The van der Waals surface area contributed by atoms with E-state index in [9.17, 15) is 9.59 Å². The van der Waals surface area contributed by atoms with Crippen molar-refractivity contribution in [2.45, 2.75) is 32.7 Å². The number of carbonyl (C=O) groups is 2. The molecule has 0 bridgehead atoms. The first-order valence-corrected chi connectivity index (χ1v) is 8.74. The quantitative estimate of drug-likeness (QED) is 0.803. The largest absolute Gasteiger partial charge is 0.462 e. The topological polar surface area (TPSA) is 84.4 Å². The summed E-state index contributed by atoms with van der Waals surface area (Å²) in [5.74, 6) is 0.276. The van der Waals surface area contributed by atoms with Crippen LogP contribution in [0.4, 0.5) is 5.82 Å². The zero-order chi connectivity index (χ0) is 17.3. The molecule has 3 rings (SSSR count). The van der Waals surface area contributed by atoms with Crippen molar-refractivity contribution in [2.24, 2.45) is 0 Å². The second-order valence-electron chi connectivity index (χ2n) is 5.85. The summed E-state index contributed by atoms with van der Waals surface area (Å²) in [6.45, 7) is 4.17. The highest BCUT2D eigenvalue weighted by atomic mass is 32.1. The molecule has 24 heavy (non-hydrogen) atoms. The fraction of sp³-hybridized carbons (Fsp3) is 0.500. The molecule has 1 fully saturated rings. The maximum Gasteiger partial charge on any atom is 0.348 e. The number of fused-ring (bicyclic) bond motifs is 1. The average molecular weight is 348 g/mol. The molecule has 2 aromatic heterocycles. The summed E-state index contributed by atoms with van der Waals surface area (Å²) < 4.78 is 5.10. The summed E-state index contributed by atoms with van der Waals surface area (Å²) in [7, 11) is 1.81. The number of ether oxygens (including phenoxy) is 1. The van der Waals surface area contributed by atoms with Gasteiger partial charge in [-0.05, 0) is 32.3 Å². The fourth-order valence-electron chi connectivity index (χ4n) is 2.53. The van der Waals surface area contributed by atoms with Gasteiger partial charge in [-0.3, -0.25) is 4.79 Å². The van der Waals surface area contributed by atoms with E-state index in [0.717, 1.165) is 28.6 Å². The van der Waals surface area contributed by atoms with Crippen molar-refractivity contribution in [3.8, 4) is 0 Å². The van der Waals surface area contributed by atoms with Crippen LogP contribution >= 0.6 is 11.3 Å². The third-order valence-electron chi connectivity index (χ3n) is 3.85. The Labute approximate surface area is 144 Å². The van der Waals surface area contributed by atoms with Gasteiger partial charge in [-0.2, -0.15) is 0 Å². The standard InChI is InChI=1S/C16H20N4O3S/c1-4-23-16(22)13-9(2)12-14(17-8-18-15(12)24-13)20(3)7-11(21)19-10-5-6-10/h8,10H,4-7H2,1-3H3,(H,19,21). The molecule has 0 atom stereocenters. The van der Waals surface area contributed by atoms with Crippen molar-refractivity contribution in [2.75, 3.05) is 25.1 Å². The van der Waals surface area contributed by atoms with Crippen molar-refractivity contribution in [1.82, 2.24) is 15.3 Å². The van der Waals surface area contributed by atoms with Crippen molar-refractivity contribution in [3.05, 3.63) is 16.8 Å². The van der Waals surface area contributed by atoms with Crippen LogP contribution in [0.5, 0.6) is 0 Å². The number of hydrogen-bond acceptors (Lipinski definition) is 7. The molecule has 1 amide bonds. The number of aromatic nitrogens is 2. The van der Waals surface area contributed by atoms with Crippen molar-refractivity contribution in [1.29, 1.82) is 0 Å². The van der Waals surface area contributed by atoms with Crippen LogP contribution in [0.2, 0.25) is 0 Å². The lowest BCUT2D eigenvalue weighted by molar-refractivity contribution is -0.119. The highest BCUT2D eigenvalue weighted by molar-refractivity contribution is 7.20. The van der Waals surface area contributed by atoms with Crippen LogP contribution in [0, 0.1) is 6.92 Å². The van der Waals surface area contributed by atoms with Gasteiger partial charge in [0.05, 0.1) is 18.5 Å². The van der Waals surface area contributed by atoms with E-state index in [-0.39, 0.29) is 18.4 Å². The Bertz CT molecular complexity index is 785. The number of likely N-dealkylation sites (N-methyl/N-ethyl adjacent to an activating group) is 1. The van der Waals surface area contributed by atoms with Crippen LogP contribution in [0.25, 0.3) is 10.2 Å². The van der Waals surface area contributed by atoms with Gasteiger partial charge in [0.25, 0.3) is 0 Å². The monoisotopic (exact) mass is 348 g/mol. The third kappa shape index (κ3) is 3.33. The summed E-state index contributed by atoms with van der Waals surface area (Å²) >= 11 is 1.29. The van der Waals surface area contributed by atoms with Crippen LogP contribution in [0.3, 0.4) is 0 Å². The number of amides is 1. The van der Waals surface area contributed by atoms with Gasteiger partial charge in [-0.25, -0.2) is 14.8 Å². The van der Waals surface area contributed by atoms with E-state index in [0.29, 0.717) is 23.3 Å². The van der Waals surface area contributed by atoms with Gasteiger partial charge >= 0.3 is 5.97 Å². The Balaban J connectivity index is 1.89. The van der Waals surface area contributed by atoms with E-state index >= 15 is 0 Å². The van der Waals surface area contributed by atoms with Gasteiger partial charge in [-0.1, -0.05) is 0 Å². The first kappa shape index (κ1) is 16.6. The zero-order valence-electron chi connectivity index (χ0n) is 14.0. The lowest BCUT2D eigenvalue weighted by Crippen LogP contribution is -2.36. The number of hydrogen-bond donors (Lipinski definition) is 1. The normalized spacial score (nSPS) is 13.8. The molecule has 8 heteroatoms. The van der Waals surface area contributed by atoms with E-state index in [1.54, 1.807) is 11.8 Å². The third-order valence-corrected chi connectivity index (χ3v) is 5.03. The lowest BCUT2D eigenvalue weighted by atomic mass is 10.2. The van der Waals surface area contributed by atoms with E-state index in [1.165, 1.54) is 17.7 Å². The minimum Gasteiger partial charge on any atom is -0.462 e. The van der Waals surface area contributed by atoms with Crippen LogP contribution in [-0.2, 0) is 9.53 Å². The van der Waals surface area contributed by atoms with Gasteiger partial charge in [0.2, 0.25) is 5.91 Å². The summed E-state index contributed by atoms with van der Waals surface area (Å²) in [6, 6.07) is 0.328. The summed E-state index contributed by atoms with van der Waals surface area (Å²) in [5, 5.41) is 3.76. The van der Waals surface area contributed by atoms with Gasteiger partial charge in [0.1, 0.15) is 21.9 Å². The number of nitrogens with zero attached hydrogens (tertiary/aromatic N) is 3. The zero-order valence-corrected chi connectivity index (χ0v) is 14.8. The highest BCUT2D eigenvalue weighted by Crippen LogP contribution is 2.34. The van der Waals surface area contributed by atoms with Gasteiger partial charge < -0.3 is 15.0 Å². The first-order chi connectivity index (χ1) is 11.5. The minimum absolute atomic E-state index is 0.0229. The SMILES string of the molecule is CCOC(=O)c1sc2ncnc(N(C)CC(=O)NC3CC3)c2c1C. The Morgan fingerprint density at radius 3 is 2.83 bits per heavy atom. The average Bonchev–Trinajstić information content (AvgIpc) is 3.28. The fourth-order valence-corrected chi connectivity index (χ4v) is 3.56. The molecule has 1 aliphatic rings. The van der Waals surface area contributed by atoms with Gasteiger partial charge in [0.15, 0.2) is 0 Å². The maximum absolute atomic E-state index is 12.1.